The van der Waals surface area contributed by atoms with Gasteiger partial charge in [-0.25, -0.2) is 0 Å². The Morgan fingerprint density at radius 1 is 0.882 bits per heavy atom. The summed E-state index contributed by atoms with van der Waals surface area (Å²) in [5.41, 5.74) is 2.35. The third-order valence-corrected chi connectivity index (χ3v) is 4.29. The van der Waals surface area contributed by atoms with Crippen LogP contribution in [0.3, 0.4) is 0 Å². The number of benzene rings is 2. The molecule has 3 heteroatoms. The summed E-state index contributed by atoms with van der Waals surface area (Å²) < 4.78 is 11.3. The molecule has 1 nitrogen and oxygen atoms in total. The third kappa shape index (κ3) is 2.99. The standard InChI is InChI=1S/C14H14OS2/c1-16-13-7-3-11(4-8-13)12-5-9-14(10-6-12)17(2)15/h3-10H,1-2H3. The van der Waals surface area contributed by atoms with Crippen LogP contribution in [0.4, 0.5) is 0 Å². The Bertz CT molecular complexity index is 515. The molecule has 0 aliphatic rings. The van der Waals surface area contributed by atoms with E-state index in [2.05, 4.69) is 30.5 Å². The molecular formula is C14H14OS2. The number of rotatable bonds is 3. The third-order valence-electron chi connectivity index (χ3n) is 2.61. The van der Waals surface area contributed by atoms with Crippen molar-refractivity contribution in [1.29, 1.82) is 0 Å². The molecule has 2 aromatic rings. The number of hydrogen-bond donors (Lipinski definition) is 0. The van der Waals surface area contributed by atoms with Gasteiger partial charge in [0.05, 0.1) is 0 Å². The molecule has 0 saturated carbocycles. The maximum absolute atomic E-state index is 11.3. The van der Waals surface area contributed by atoms with E-state index in [1.165, 1.54) is 10.5 Å². The minimum atomic E-state index is -0.902. The van der Waals surface area contributed by atoms with Crippen molar-refractivity contribution in [3.63, 3.8) is 0 Å². The molecule has 2 rings (SSSR count). The van der Waals surface area contributed by atoms with Crippen LogP contribution in [-0.2, 0) is 10.8 Å². The van der Waals surface area contributed by atoms with Crippen LogP contribution in [0.25, 0.3) is 11.1 Å². The summed E-state index contributed by atoms with van der Waals surface area (Å²) in [5, 5.41) is 0. The predicted octanol–water partition coefficient (Wildman–Crippen LogP) is 3.81. The summed E-state index contributed by atoms with van der Waals surface area (Å²) in [6.07, 6.45) is 3.77. The van der Waals surface area contributed by atoms with E-state index >= 15 is 0 Å². The van der Waals surface area contributed by atoms with E-state index < -0.39 is 10.8 Å². The number of hydrogen-bond acceptors (Lipinski definition) is 2. The second-order valence-electron chi connectivity index (χ2n) is 3.71. The molecule has 88 valence electrons. The fourth-order valence-electron chi connectivity index (χ4n) is 1.62. The van der Waals surface area contributed by atoms with Crippen molar-refractivity contribution in [3.05, 3.63) is 48.5 Å². The lowest BCUT2D eigenvalue weighted by atomic mass is 10.1. The summed E-state index contributed by atoms with van der Waals surface area (Å²) in [6.45, 7) is 0. The van der Waals surface area contributed by atoms with Gasteiger partial charge in [-0.2, -0.15) is 0 Å². The molecule has 1 unspecified atom stereocenters. The maximum atomic E-state index is 11.3. The summed E-state index contributed by atoms with van der Waals surface area (Å²) in [5.74, 6) is 0. The van der Waals surface area contributed by atoms with Gasteiger partial charge in [0.2, 0.25) is 0 Å². The summed E-state index contributed by atoms with van der Waals surface area (Å²) >= 11 is 1.74. The molecule has 0 spiro atoms. The lowest BCUT2D eigenvalue weighted by molar-refractivity contribution is 0.687. The fourth-order valence-corrected chi connectivity index (χ4v) is 2.55. The smallest absolute Gasteiger partial charge is 0.0498 e. The van der Waals surface area contributed by atoms with Crippen molar-refractivity contribution in [3.8, 4) is 11.1 Å². The van der Waals surface area contributed by atoms with Gasteiger partial charge in [0.15, 0.2) is 0 Å². The zero-order chi connectivity index (χ0) is 12.3. The zero-order valence-electron chi connectivity index (χ0n) is 9.84. The van der Waals surface area contributed by atoms with Gasteiger partial charge in [-0.05, 0) is 41.6 Å². The Morgan fingerprint density at radius 2 is 1.35 bits per heavy atom. The minimum absolute atomic E-state index is 0.870. The number of thioether (sulfide) groups is 1. The second-order valence-corrected chi connectivity index (χ2v) is 5.97. The zero-order valence-corrected chi connectivity index (χ0v) is 11.5. The molecule has 17 heavy (non-hydrogen) atoms. The summed E-state index contributed by atoms with van der Waals surface area (Å²) in [4.78, 5) is 2.13. The highest BCUT2D eigenvalue weighted by atomic mass is 32.2. The van der Waals surface area contributed by atoms with Crippen molar-refractivity contribution >= 4 is 22.6 Å². The average molecular weight is 262 g/mol. The van der Waals surface area contributed by atoms with E-state index in [1.807, 2.05) is 24.3 Å². The molecule has 1 atom stereocenters. The summed E-state index contributed by atoms with van der Waals surface area (Å²) in [7, 11) is -0.902. The van der Waals surface area contributed by atoms with Crippen molar-refractivity contribution < 1.29 is 4.21 Å². The minimum Gasteiger partial charge on any atom is -0.255 e. The molecule has 2 aromatic carbocycles. The van der Waals surface area contributed by atoms with Crippen molar-refractivity contribution in [2.75, 3.05) is 12.5 Å². The quantitative estimate of drug-likeness (QED) is 0.782. The molecule has 0 saturated heterocycles. The Labute approximate surface area is 109 Å². The Hall–Kier alpha value is -1.06. The molecule has 0 aromatic heterocycles. The molecule has 0 heterocycles. The SMILES string of the molecule is CSc1ccc(-c2ccc(S(C)=O)cc2)cc1. The van der Waals surface area contributed by atoms with Gasteiger partial charge < -0.3 is 0 Å². The first kappa shape index (κ1) is 12.4. The highest BCUT2D eigenvalue weighted by Crippen LogP contribution is 2.23. The first-order valence-corrected chi connectivity index (χ1v) is 8.07. The van der Waals surface area contributed by atoms with Crippen LogP contribution >= 0.6 is 11.8 Å². The van der Waals surface area contributed by atoms with Gasteiger partial charge in [0.25, 0.3) is 0 Å². The highest BCUT2D eigenvalue weighted by molar-refractivity contribution is 7.98. The second kappa shape index (κ2) is 5.52. The Morgan fingerprint density at radius 3 is 1.76 bits per heavy atom. The summed E-state index contributed by atoms with van der Waals surface area (Å²) in [6, 6.07) is 16.3. The normalized spacial score (nSPS) is 12.4. The molecule has 0 N–H and O–H groups in total. The van der Waals surface area contributed by atoms with Gasteiger partial charge in [0, 0.05) is 26.8 Å². The first-order chi connectivity index (χ1) is 8.20. The van der Waals surface area contributed by atoms with E-state index in [0.29, 0.717) is 0 Å². The van der Waals surface area contributed by atoms with Gasteiger partial charge in [-0.1, -0.05) is 24.3 Å². The first-order valence-electron chi connectivity index (χ1n) is 5.28. The molecule has 0 aliphatic heterocycles. The van der Waals surface area contributed by atoms with Gasteiger partial charge in [-0.3, -0.25) is 4.21 Å². The van der Waals surface area contributed by atoms with E-state index in [4.69, 9.17) is 0 Å². The van der Waals surface area contributed by atoms with Gasteiger partial charge in [-0.15, -0.1) is 11.8 Å². The van der Waals surface area contributed by atoms with Crippen molar-refractivity contribution in [1.82, 2.24) is 0 Å². The molecule has 0 aliphatic carbocycles. The van der Waals surface area contributed by atoms with Crippen LogP contribution in [0, 0.1) is 0 Å². The van der Waals surface area contributed by atoms with Crippen LogP contribution in [0.1, 0.15) is 0 Å². The lowest BCUT2D eigenvalue weighted by Crippen LogP contribution is -1.86. The monoisotopic (exact) mass is 262 g/mol. The molecule has 0 bridgehead atoms. The fraction of sp³-hybridized carbons (Fsp3) is 0.143. The molecule has 0 fully saturated rings. The van der Waals surface area contributed by atoms with Crippen LogP contribution in [0.5, 0.6) is 0 Å². The van der Waals surface area contributed by atoms with E-state index in [1.54, 1.807) is 18.0 Å². The van der Waals surface area contributed by atoms with Gasteiger partial charge >= 0.3 is 0 Å². The van der Waals surface area contributed by atoms with E-state index in [-0.39, 0.29) is 0 Å². The van der Waals surface area contributed by atoms with Crippen LogP contribution < -0.4 is 0 Å². The van der Waals surface area contributed by atoms with Crippen LogP contribution in [-0.4, -0.2) is 16.7 Å². The predicted molar refractivity (Wildman–Crippen MR) is 76.0 cm³/mol. The van der Waals surface area contributed by atoms with Crippen molar-refractivity contribution in [2.45, 2.75) is 9.79 Å². The topological polar surface area (TPSA) is 17.1 Å². The highest BCUT2D eigenvalue weighted by Gasteiger charge is 2.00. The molecular weight excluding hydrogens is 248 g/mol. The lowest BCUT2D eigenvalue weighted by Gasteiger charge is -2.04. The van der Waals surface area contributed by atoms with E-state index in [0.717, 1.165) is 10.5 Å². The van der Waals surface area contributed by atoms with Crippen molar-refractivity contribution in [2.24, 2.45) is 0 Å². The van der Waals surface area contributed by atoms with Crippen LogP contribution in [0.2, 0.25) is 0 Å². The Kier molecular flexibility index (Phi) is 4.02. The van der Waals surface area contributed by atoms with E-state index in [9.17, 15) is 4.21 Å². The van der Waals surface area contributed by atoms with Gasteiger partial charge in [0.1, 0.15) is 0 Å². The maximum Gasteiger partial charge on any atom is 0.0498 e. The molecule has 0 radical (unpaired) electrons. The van der Waals surface area contributed by atoms with Crippen LogP contribution in [0.15, 0.2) is 58.3 Å². The average Bonchev–Trinajstić information content (AvgIpc) is 2.39. The molecule has 0 amide bonds. The Balaban J connectivity index is 2.29. The largest absolute Gasteiger partial charge is 0.255 e.